The molecule has 0 aliphatic rings. The van der Waals surface area contributed by atoms with Crippen LogP contribution in [0.15, 0.2) is 71.8 Å². The summed E-state index contributed by atoms with van der Waals surface area (Å²) in [7, 11) is -0.886. The van der Waals surface area contributed by atoms with Crippen molar-refractivity contribution in [3.8, 4) is 23.1 Å². The van der Waals surface area contributed by atoms with Crippen LogP contribution in [0.1, 0.15) is 0 Å². The number of benzene rings is 2. The summed E-state index contributed by atoms with van der Waals surface area (Å²) in [6.45, 7) is 0. The number of hydrogen-bond acceptors (Lipinski definition) is 6. The van der Waals surface area contributed by atoms with Gasteiger partial charge in [0.15, 0.2) is 11.5 Å². The first-order valence-corrected chi connectivity index (χ1v) is 9.44. The van der Waals surface area contributed by atoms with Gasteiger partial charge in [-0.15, -0.1) is 0 Å². The number of anilines is 1. The lowest BCUT2D eigenvalue weighted by molar-refractivity contribution is 0.354. The molecule has 1 N–H and O–H groups in total. The minimum absolute atomic E-state index is 0.0461. The van der Waals surface area contributed by atoms with E-state index in [4.69, 9.17) is 14.2 Å². The first-order valence-electron chi connectivity index (χ1n) is 7.95. The van der Waals surface area contributed by atoms with Gasteiger partial charge in [0.25, 0.3) is 10.0 Å². The third-order valence-electron chi connectivity index (χ3n) is 3.62. The zero-order valence-corrected chi connectivity index (χ0v) is 15.6. The summed E-state index contributed by atoms with van der Waals surface area (Å²) < 4.78 is 43.5. The minimum Gasteiger partial charge on any atom is -0.493 e. The van der Waals surface area contributed by atoms with Crippen LogP contribution in [0.25, 0.3) is 0 Å². The number of pyridine rings is 1. The Kier molecular flexibility index (Phi) is 5.46. The van der Waals surface area contributed by atoms with E-state index in [0.717, 1.165) is 0 Å². The number of nitrogens with zero attached hydrogens (tertiary/aromatic N) is 1. The molecule has 140 valence electrons. The summed E-state index contributed by atoms with van der Waals surface area (Å²) in [6, 6.07) is 16.7. The Balaban J connectivity index is 1.76. The van der Waals surface area contributed by atoms with Gasteiger partial charge in [-0.05, 0) is 30.3 Å². The van der Waals surface area contributed by atoms with Gasteiger partial charge >= 0.3 is 0 Å². The summed E-state index contributed by atoms with van der Waals surface area (Å²) in [5.41, 5.74) is 0.310. The number of aromatic nitrogens is 1. The molecular formula is C19H18N2O5S. The van der Waals surface area contributed by atoms with E-state index >= 15 is 0 Å². The summed E-state index contributed by atoms with van der Waals surface area (Å²) in [5, 5.41) is 0. The van der Waals surface area contributed by atoms with E-state index in [1.54, 1.807) is 24.3 Å². The molecular weight excluding hydrogens is 368 g/mol. The smallest absolute Gasteiger partial charge is 0.262 e. The maximum absolute atomic E-state index is 12.6. The highest BCUT2D eigenvalue weighted by Gasteiger charge is 2.17. The van der Waals surface area contributed by atoms with Crippen molar-refractivity contribution >= 4 is 15.7 Å². The lowest BCUT2D eigenvalue weighted by Crippen LogP contribution is -2.13. The second-order valence-corrected chi connectivity index (χ2v) is 7.10. The summed E-state index contributed by atoms with van der Waals surface area (Å²) in [4.78, 5) is 4.17. The Hall–Kier alpha value is -3.26. The fourth-order valence-corrected chi connectivity index (χ4v) is 3.37. The van der Waals surface area contributed by atoms with Gasteiger partial charge in [0.2, 0.25) is 5.88 Å². The molecule has 0 amide bonds. The van der Waals surface area contributed by atoms with Gasteiger partial charge < -0.3 is 14.2 Å². The fourth-order valence-electron chi connectivity index (χ4n) is 2.31. The number of para-hydroxylation sites is 1. The van der Waals surface area contributed by atoms with Crippen molar-refractivity contribution in [1.82, 2.24) is 4.98 Å². The highest BCUT2D eigenvalue weighted by molar-refractivity contribution is 7.92. The van der Waals surface area contributed by atoms with Gasteiger partial charge in [0.1, 0.15) is 5.75 Å². The van der Waals surface area contributed by atoms with Gasteiger partial charge in [0, 0.05) is 12.1 Å². The fraction of sp³-hybridized carbons (Fsp3) is 0.105. The molecule has 1 heterocycles. The third-order valence-corrected chi connectivity index (χ3v) is 5.00. The molecule has 0 aliphatic heterocycles. The lowest BCUT2D eigenvalue weighted by Gasteiger charge is -2.12. The molecule has 7 nitrogen and oxygen atoms in total. The van der Waals surface area contributed by atoms with Crippen LogP contribution in [0.5, 0.6) is 23.1 Å². The zero-order valence-electron chi connectivity index (χ0n) is 14.7. The predicted octanol–water partition coefficient (Wildman–Crippen LogP) is 3.69. The number of methoxy groups -OCH3 is 2. The highest BCUT2D eigenvalue weighted by atomic mass is 32.2. The lowest BCUT2D eigenvalue weighted by atomic mass is 10.3. The van der Waals surface area contributed by atoms with Crippen LogP contribution < -0.4 is 18.9 Å². The summed E-state index contributed by atoms with van der Waals surface area (Å²) >= 11 is 0. The maximum atomic E-state index is 12.6. The Bertz CT molecular complexity index is 1010. The van der Waals surface area contributed by atoms with Gasteiger partial charge in [-0.25, -0.2) is 13.4 Å². The summed E-state index contributed by atoms with van der Waals surface area (Å²) in [6.07, 6.45) is 1.39. The molecule has 0 saturated carbocycles. The molecule has 8 heteroatoms. The van der Waals surface area contributed by atoms with Gasteiger partial charge in [0.05, 0.1) is 31.0 Å². The van der Waals surface area contributed by atoms with Gasteiger partial charge in [-0.1, -0.05) is 18.2 Å². The second-order valence-electron chi connectivity index (χ2n) is 5.42. The maximum Gasteiger partial charge on any atom is 0.262 e. The largest absolute Gasteiger partial charge is 0.493 e. The van der Waals surface area contributed by atoms with E-state index in [1.807, 2.05) is 18.2 Å². The Morgan fingerprint density at radius 3 is 2.26 bits per heavy atom. The molecule has 2 aromatic carbocycles. The molecule has 3 rings (SSSR count). The van der Waals surface area contributed by atoms with Crippen molar-refractivity contribution in [1.29, 1.82) is 0 Å². The van der Waals surface area contributed by atoms with Crippen molar-refractivity contribution in [3.05, 3.63) is 66.9 Å². The van der Waals surface area contributed by atoms with E-state index in [-0.39, 0.29) is 4.90 Å². The predicted molar refractivity (Wildman–Crippen MR) is 101 cm³/mol. The molecule has 0 radical (unpaired) electrons. The van der Waals surface area contributed by atoms with Crippen LogP contribution in [0, 0.1) is 0 Å². The van der Waals surface area contributed by atoms with Crippen LogP contribution >= 0.6 is 0 Å². The Morgan fingerprint density at radius 2 is 1.63 bits per heavy atom. The number of ether oxygens (including phenoxy) is 3. The first-order chi connectivity index (χ1) is 13.0. The zero-order chi connectivity index (χ0) is 19.3. The normalized spacial score (nSPS) is 10.9. The monoisotopic (exact) mass is 386 g/mol. The number of hydrogen-bond donors (Lipinski definition) is 1. The summed E-state index contributed by atoms with van der Waals surface area (Å²) in [5.74, 6) is 1.77. The highest BCUT2D eigenvalue weighted by Crippen LogP contribution is 2.30. The number of rotatable bonds is 7. The molecule has 0 unspecified atom stereocenters. The van der Waals surface area contributed by atoms with Crippen molar-refractivity contribution < 1.29 is 22.6 Å². The van der Waals surface area contributed by atoms with Crippen LogP contribution in [0.3, 0.4) is 0 Å². The first kappa shape index (κ1) is 18.5. The molecule has 27 heavy (non-hydrogen) atoms. The molecule has 0 saturated heterocycles. The van der Waals surface area contributed by atoms with Crippen LogP contribution in [0.4, 0.5) is 5.69 Å². The molecule has 0 aliphatic carbocycles. The Morgan fingerprint density at radius 1 is 0.889 bits per heavy atom. The third kappa shape index (κ3) is 4.48. The molecule has 1 aromatic heterocycles. The van der Waals surface area contributed by atoms with Gasteiger partial charge in [-0.2, -0.15) is 0 Å². The Labute approximate surface area is 157 Å². The molecule has 0 atom stereocenters. The van der Waals surface area contributed by atoms with E-state index in [2.05, 4.69) is 9.71 Å². The quantitative estimate of drug-likeness (QED) is 0.666. The number of sulfonamides is 1. The standard InChI is InChI=1S/C19H18N2O5S/c1-24-17-10-9-16(12-18(17)25-2)27(22,23)21-14-8-11-19(20-13-14)26-15-6-4-3-5-7-15/h3-13,21H,1-2H3. The van der Waals surface area contributed by atoms with Gasteiger partial charge in [-0.3, -0.25) is 4.72 Å². The number of nitrogens with one attached hydrogen (secondary N) is 1. The molecule has 3 aromatic rings. The van der Waals surface area contributed by atoms with E-state index < -0.39 is 10.0 Å². The second kappa shape index (κ2) is 7.96. The van der Waals surface area contributed by atoms with Crippen LogP contribution in [0.2, 0.25) is 0 Å². The van der Waals surface area contributed by atoms with Crippen molar-refractivity contribution in [2.75, 3.05) is 18.9 Å². The minimum atomic E-state index is -3.81. The van der Waals surface area contributed by atoms with E-state index in [1.165, 1.54) is 38.6 Å². The SMILES string of the molecule is COc1ccc(S(=O)(=O)Nc2ccc(Oc3ccccc3)nc2)cc1OC. The van der Waals surface area contributed by atoms with Crippen molar-refractivity contribution in [2.45, 2.75) is 4.90 Å². The topological polar surface area (TPSA) is 86.8 Å². The van der Waals surface area contributed by atoms with Crippen LogP contribution in [-0.4, -0.2) is 27.6 Å². The molecule has 0 fully saturated rings. The average molecular weight is 386 g/mol. The molecule has 0 spiro atoms. The van der Waals surface area contributed by atoms with E-state index in [9.17, 15) is 8.42 Å². The van der Waals surface area contributed by atoms with Crippen molar-refractivity contribution in [3.63, 3.8) is 0 Å². The van der Waals surface area contributed by atoms with Crippen LogP contribution in [-0.2, 0) is 10.0 Å². The van der Waals surface area contributed by atoms with Crippen molar-refractivity contribution in [2.24, 2.45) is 0 Å². The average Bonchev–Trinajstić information content (AvgIpc) is 2.69. The van der Waals surface area contributed by atoms with E-state index in [0.29, 0.717) is 28.8 Å². The molecule has 0 bridgehead atoms.